The predicted octanol–water partition coefficient (Wildman–Crippen LogP) is 3.45. The fourth-order valence-corrected chi connectivity index (χ4v) is 1.48. The maximum atomic E-state index is 10.2. The second-order valence-corrected chi connectivity index (χ2v) is 5.14. The average Bonchev–Trinajstić information content (AvgIpc) is 2.26. The highest BCUT2D eigenvalue weighted by atomic mass is 32.3. The smallest absolute Gasteiger partial charge is 0.303 e. The number of unbranched alkanes of at least 4 members (excludes halogenated alkanes) is 3. The van der Waals surface area contributed by atoms with Gasteiger partial charge < -0.3 is 4.90 Å². The van der Waals surface area contributed by atoms with Crippen LogP contribution in [0.5, 0.6) is 0 Å². The Morgan fingerprint density at radius 1 is 0.889 bits per heavy atom. The summed E-state index contributed by atoms with van der Waals surface area (Å²) >= 11 is 0. The molecule has 0 bridgehead atoms. The van der Waals surface area contributed by atoms with Crippen LogP contribution >= 0.6 is 0 Å². The van der Waals surface area contributed by atoms with Crippen LogP contribution in [0.25, 0.3) is 0 Å². The summed E-state index contributed by atoms with van der Waals surface area (Å²) in [6.07, 6.45) is 8.09. The lowest BCUT2D eigenvalue weighted by molar-refractivity contribution is 0.261. The summed E-state index contributed by atoms with van der Waals surface area (Å²) in [5.74, 6) is 0. The minimum absolute atomic E-state index is 1.32. The predicted molar refractivity (Wildman–Crippen MR) is 73.8 cm³/mol. The molecule has 0 aromatic rings. The van der Waals surface area contributed by atoms with Gasteiger partial charge in [0.25, 0.3) is 0 Å². The van der Waals surface area contributed by atoms with Crippen LogP contribution in [0.15, 0.2) is 0 Å². The van der Waals surface area contributed by atoms with Gasteiger partial charge in [-0.3, -0.25) is 4.55 Å². The van der Waals surface area contributed by atoms with E-state index < -0.39 is 10.5 Å². The first-order chi connectivity index (χ1) is 8.35. The summed E-state index contributed by atoms with van der Waals surface area (Å²) in [5.41, 5.74) is 0. The quantitative estimate of drug-likeness (QED) is 0.521. The lowest BCUT2D eigenvalue weighted by atomic mass is 10.2. The Bertz CT molecular complexity index is 231. The molecular formula is C12H28FNO3S. The van der Waals surface area contributed by atoms with Crippen molar-refractivity contribution in [3.05, 3.63) is 0 Å². The Labute approximate surface area is 112 Å². The van der Waals surface area contributed by atoms with E-state index in [-0.39, 0.29) is 0 Å². The minimum atomic E-state index is -5.17. The Morgan fingerprint density at radius 2 is 1.11 bits per heavy atom. The fraction of sp³-hybridized carbons (Fsp3) is 1.00. The average molecular weight is 285 g/mol. The van der Waals surface area contributed by atoms with Gasteiger partial charge in [0.05, 0.1) is 0 Å². The zero-order valence-electron chi connectivity index (χ0n) is 11.9. The van der Waals surface area contributed by atoms with Crippen LogP contribution in [0.2, 0.25) is 0 Å². The summed E-state index contributed by atoms with van der Waals surface area (Å²) in [5, 5.41) is 0. The molecule has 18 heavy (non-hydrogen) atoms. The van der Waals surface area contributed by atoms with Crippen molar-refractivity contribution >= 4 is 10.5 Å². The molecule has 0 amide bonds. The Morgan fingerprint density at radius 3 is 1.28 bits per heavy atom. The van der Waals surface area contributed by atoms with Crippen LogP contribution in [0, 0.1) is 0 Å². The van der Waals surface area contributed by atoms with Crippen molar-refractivity contribution < 1.29 is 16.9 Å². The second-order valence-electron chi connectivity index (χ2n) is 4.31. The Hall–Kier alpha value is -0.200. The molecule has 0 saturated carbocycles. The SMILES string of the molecule is CCCCN(CCCC)CCCC.O=S(=O)(O)F. The number of nitrogens with zero attached hydrogens (tertiary/aromatic N) is 1. The molecule has 0 saturated heterocycles. The molecule has 0 rings (SSSR count). The molecule has 0 heterocycles. The molecule has 0 aliphatic rings. The molecule has 0 aromatic carbocycles. The van der Waals surface area contributed by atoms with Crippen molar-refractivity contribution in [3.63, 3.8) is 0 Å². The molecule has 0 atom stereocenters. The highest BCUT2D eigenvalue weighted by Gasteiger charge is 2.01. The van der Waals surface area contributed by atoms with Gasteiger partial charge in [-0.2, -0.15) is 8.42 Å². The first-order valence-corrected chi connectivity index (χ1v) is 8.08. The molecule has 0 aliphatic carbocycles. The van der Waals surface area contributed by atoms with Gasteiger partial charge in [0, 0.05) is 0 Å². The molecule has 0 unspecified atom stereocenters. The minimum Gasteiger partial charge on any atom is -0.303 e. The van der Waals surface area contributed by atoms with E-state index in [1.165, 1.54) is 58.2 Å². The topological polar surface area (TPSA) is 57.6 Å². The van der Waals surface area contributed by atoms with E-state index in [1.54, 1.807) is 0 Å². The van der Waals surface area contributed by atoms with Crippen LogP contribution in [0.3, 0.4) is 0 Å². The monoisotopic (exact) mass is 285 g/mol. The van der Waals surface area contributed by atoms with E-state index in [0.717, 1.165) is 0 Å². The van der Waals surface area contributed by atoms with Crippen LogP contribution < -0.4 is 0 Å². The summed E-state index contributed by atoms with van der Waals surface area (Å²) in [4.78, 5) is 2.64. The first-order valence-electron chi connectivity index (χ1n) is 6.74. The lowest BCUT2D eigenvalue weighted by Gasteiger charge is -2.21. The van der Waals surface area contributed by atoms with E-state index in [2.05, 4.69) is 25.7 Å². The van der Waals surface area contributed by atoms with Crippen molar-refractivity contribution in [1.29, 1.82) is 0 Å². The molecule has 112 valence electrons. The Kier molecular flexibility index (Phi) is 14.8. The van der Waals surface area contributed by atoms with Crippen molar-refractivity contribution in [1.82, 2.24) is 4.90 Å². The zero-order chi connectivity index (χ0) is 14.4. The number of halogens is 1. The van der Waals surface area contributed by atoms with Gasteiger partial charge in [-0.1, -0.05) is 43.9 Å². The molecular weight excluding hydrogens is 257 g/mol. The highest BCUT2D eigenvalue weighted by Crippen LogP contribution is 2.01. The van der Waals surface area contributed by atoms with Gasteiger partial charge in [-0.25, -0.2) is 0 Å². The van der Waals surface area contributed by atoms with E-state index in [4.69, 9.17) is 13.0 Å². The highest BCUT2D eigenvalue weighted by molar-refractivity contribution is 7.80. The lowest BCUT2D eigenvalue weighted by Crippen LogP contribution is -2.27. The van der Waals surface area contributed by atoms with E-state index in [0.29, 0.717) is 0 Å². The van der Waals surface area contributed by atoms with Crippen molar-refractivity contribution in [2.75, 3.05) is 19.6 Å². The van der Waals surface area contributed by atoms with Gasteiger partial charge in [-0.15, -0.1) is 0 Å². The van der Waals surface area contributed by atoms with Crippen LogP contribution in [-0.4, -0.2) is 37.5 Å². The molecule has 0 fully saturated rings. The first kappa shape index (κ1) is 20.1. The fourth-order valence-electron chi connectivity index (χ4n) is 1.48. The van der Waals surface area contributed by atoms with Gasteiger partial charge in [0.2, 0.25) is 0 Å². The molecule has 0 spiro atoms. The van der Waals surface area contributed by atoms with Gasteiger partial charge in [0.1, 0.15) is 0 Å². The second kappa shape index (κ2) is 13.2. The summed E-state index contributed by atoms with van der Waals surface area (Å²) in [7, 11) is -5.17. The summed E-state index contributed by atoms with van der Waals surface area (Å²) in [6.45, 7) is 10.8. The molecule has 0 aliphatic heterocycles. The zero-order valence-corrected chi connectivity index (χ0v) is 12.7. The van der Waals surface area contributed by atoms with Crippen molar-refractivity contribution in [2.45, 2.75) is 59.3 Å². The molecule has 1 N–H and O–H groups in total. The van der Waals surface area contributed by atoms with E-state index in [1.807, 2.05) is 0 Å². The molecule has 6 heteroatoms. The maximum Gasteiger partial charge on any atom is 0.435 e. The van der Waals surface area contributed by atoms with Gasteiger partial charge in [0.15, 0.2) is 0 Å². The number of rotatable bonds is 9. The molecule has 0 radical (unpaired) electrons. The van der Waals surface area contributed by atoms with E-state index in [9.17, 15) is 3.89 Å². The third-order valence-corrected chi connectivity index (χ3v) is 2.48. The normalized spacial score (nSPS) is 11.2. The largest absolute Gasteiger partial charge is 0.435 e. The third kappa shape index (κ3) is 24.9. The standard InChI is InChI=1S/C12H27N.FHO3S/c1-4-7-10-13(11-8-5-2)12-9-6-3;1-5(2,3)4/h4-12H2,1-3H3;(H,2,3,4). The summed E-state index contributed by atoms with van der Waals surface area (Å²) in [6, 6.07) is 0. The summed E-state index contributed by atoms with van der Waals surface area (Å²) < 4.78 is 34.1. The van der Waals surface area contributed by atoms with Crippen molar-refractivity contribution in [2.24, 2.45) is 0 Å². The van der Waals surface area contributed by atoms with Gasteiger partial charge in [-0.05, 0) is 38.9 Å². The van der Waals surface area contributed by atoms with Crippen molar-refractivity contribution in [3.8, 4) is 0 Å². The van der Waals surface area contributed by atoms with Crippen LogP contribution in [0.4, 0.5) is 3.89 Å². The Balaban J connectivity index is 0. The maximum absolute atomic E-state index is 10.2. The van der Waals surface area contributed by atoms with Gasteiger partial charge >= 0.3 is 10.5 Å². The molecule has 0 aromatic heterocycles. The third-order valence-electron chi connectivity index (χ3n) is 2.48. The number of hydrogen-bond acceptors (Lipinski definition) is 3. The number of hydrogen-bond donors (Lipinski definition) is 1. The van der Waals surface area contributed by atoms with Crippen LogP contribution in [-0.2, 0) is 10.5 Å². The molecule has 4 nitrogen and oxygen atoms in total. The van der Waals surface area contributed by atoms with Crippen LogP contribution in [0.1, 0.15) is 59.3 Å². The van der Waals surface area contributed by atoms with E-state index >= 15 is 0 Å².